The van der Waals surface area contributed by atoms with Gasteiger partial charge in [0, 0.05) is 27.1 Å². The molecule has 1 saturated heterocycles. The fourth-order valence-corrected chi connectivity index (χ4v) is 3.18. The molecular formula is C10H10BrIN2O. The van der Waals surface area contributed by atoms with E-state index in [1.807, 2.05) is 18.2 Å². The van der Waals surface area contributed by atoms with Crippen LogP contribution in [0, 0.1) is 3.57 Å². The van der Waals surface area contributed by atoms with Crippen LogP contribution >= 0.6 is 38.5 Å². The normalized spacial score (nSPS) is 21.1. The van der Waals surface area contributed by atoms with E-state index < -0.39 is 0 Å². The lowest BCUT2D eigenvalue weighted by Gasteiger charge is -2.17. The van der Waals surface area contributed by atoms with Crippen molar-refractivity contribution in [3.8, 4) is 0 Å². The summed E-state index contributed by atoms with van der Waals surface area (Å²) in [5.41, 5.74) is 6.66. The molecule has 1 heterocycles. The third kappa shape index (κ3) is 2.34. The lowest BCUT2D eigenvalue weighted by Crippen LogP contribution is -2.28. The molecule has 80 valence electrons. The molecule has 1 amide bonds. The van der Waals surface area contributed by atoms with Gasteiger partial charge in [-0.1, -0.05) is 0 Å². The highest BCUT2D eigenvalue weighted by atomic mass is 127. The predicted octanol–water partition coefficient (Wildman–Crippen LogP) is 2.12. The van der Waals surface area contributed by atoms with Crippen LogP contribution < -0.4 is 10.6 Å². The number of anilines is 1. The number of benzene rings is 1. The summed E-state index contributed by atoms with van der Waals surface area (Å²) in [4.78, 5) is 13.4. The van der Waals surface area contributed by atoms with E-state index in [0.29, 0.717) is 13.0 Å². The van der Waals surface area contributed by atoms with Gasteiger partial charge in [0.1, 0.15) is 0 Å². The number of halogens is 2. The number of nitrogens with zero attached hydrogens (tertiary/aromatic N) is 1. The van der Waals surface area contributed by atoms with E-state index in [-0.39, 0.29) is 11.9 Å². The molecule has 1 unspecified atom stereocenters. The van der Waals surface area contributed by atoms with Crippen LogP contribution in [0.4, 0.5) is 5.69 Å². The number of rotatable bonds is 1. The van der Waals surface area contributed by atoms with Crippen molar-refractivity contribution in [3.63, 3.8) is 0 Å². The van der Waals surface area contributed by atoms with E-state index in [9.17, 15) is 4.79 Å². The second-order valence-electron chi connectivity index (χ2n) is 3.56. The van der Waals surface area contributed by atoms with Crippen molar-refractivity contribution in [1.29, 1.82) is 0 Å². The molecule has 0 aliphatic carbocycles. The standard InChI is InChI=1S/C10H10BrIN2O/c11-8-3-6(12)1-2-9(8)14-5-7(13)4-10(14)15/h1-3,7H,4-5,13H2. The first kappa shape index (κ1) is 11.3. The smallest absolute Gasteiger partial charge is 0.228 e. The van der Waals surface area contributed by atoms with Crippen LogP contribution in [-0.4, -0.2) is 18.5 Å². The minimum Gasteiger partial charge on any atom is -0.326 e. The van der Waals surface area contributed by atoms with E-state index in [1.165, 1.54) is 0 Å². The van der Waals surface area contributed by atoms with Crippen molar-refractivity contribution < 1.29 is 4.79 Å². The zero-order valence-corrected chi connectivity index (χ0v) is 11.7. The summed E-state index contributed by atoms with van der Waals surface area (Å²) in [6.45, 7) is 0.609. The van der Waals surface area contributed by atoms with Gasteiger partial charge in [-0.05, 0) is 56.7 Å². The minimum atomic E-state index is -0.0383. The Morgan fingerprint density at radius 3 is 2.80 bits per heavy atom. The first-order valence-corrected chi connectivity index (χ1v) is 6.46. The van der Waals surface area contributed by atoms with E-state index in [1.54, 1.807) is 4.90 Å². The summed E-state index contributed by atoms with van der Waals surface area (Å²) in [6.07, 6.45) is 0.443. The van der Waals surface area contributed by atoms with Gasteiger partial charge >= 0.3 is 0 Å². The molecule has 0 saturated carbocycles. The molecule has 2 N–H and O–H groups in total. The topological polar surface area (TPSA) is 46.3 Å². The van der Waals surface area contributed by atoms with Crippen molar-refractivity contribution in [2.45, 2.75) is 12.5 Å². The molecule has 1 fully saturated rings. The van der Waals surface area contributed by atoms with E-state index in [4.69, 9.17) is 5.73 Å². The summed E-state index contributed by atoms with van der Waals surface area (Å²) < 4.78 is 2.08. The Hall–Kier alpha value is -0.140. The number of carbonyl (C=O) groups is 1. The van der Waals surface area contributed by atoms with Crippen LogP contribution in [0.5, 0.6) is 0 Å². The summed E-state index contributed by atoms with van der Waals surface area (Å²) in [6, 6.07) is 5.88. The molecule has 15 heavy (non-hydrogen) atoms. The van der Waals surface area contributed by atoms with Gasteiger partial charge < -0.3 is 10.6 Å². The van der Waals surface area contributed by atoms with Crippen molar-refractivity contribution in [3.05, 3.63) is 26.2 Å². The summed E-state index contributed by atoms with van der Waals surface area (Å²) >= 11 is 5.70. The number of hydrogen-bond acceptors (Lipinski definition) is 2. The van der Waals surface area contributed by atoms with Gasteiger partial charge in [-0.2, -0.15) is 0 Å². The first-order chi connectivity index (χ1) is 7.08. The Labute approximate surface area is 110 Å². The molecule has 1 aromatic carbocycles. The quantitative estimate of drug-likeness (QED) is 0.758. The van der Waals surface area contributed by atoms with E-state index in [0.717, 1.165) is 13.7 Å². The van der Waals surface area contributed by atoms with Crippen LogP contribution in [0.2, 0.25) is 0 Å². The lowest BCUT2D eigenvalue weighted by atomic mass is 10.3. The minimum absolute atomic E-state index is 0.0383. The molecule has 0 spiro atoms. The zero-order chi connectivity index (χ0) is 11.0. The van der Waals surface area contributed by atoms with Gasteiger partial charge in [-0.25, -0.2) is 0 Å². The maximum Gasteiger partial charge on any atom is 0.228 e. The van der Waals surface area contributed by atoms with Crippen LogP contribution in [0.3, 0.4) is 0 Å². The molecule has 3 nitrogen and oxygen atoms in total. The Kier molecular flexibility index (Phi) is 3.32. The highest BCUT2D eigenvalue weighted by Gasteiger charge is 2.29. The van der Waals surface area contributed by atoms with Crippen LogP contribution in [0.1, 0.15) is 6.42 Å². The number of carbonyl (C=O) groups excluding carboxylic acids is 1. The molecule has 1 aliphatic rings. The monoisotopic (exact) mass is 380 g/mol. The van der Waals surface area contributed by atoms with Crippen molar-refractivity contribution >= 4 is 50.1 Å². The van der Waals surface area contributed by atoms with E-state index in [2.05, 4.69) is 38.5 Å². The third-order valence-electron chi connectivity index (χ3n) is 2.36. The number of amides is 1. The summed E-state index contributed by atoms with van der Waals surface area (Å²) in [7, 11) is 0. The SMILES string of the molecule is NC1CC(=O)N(c2ccc(I)cc2Br)C1. The van der Waals surface area contributed by atoms with Gasteiger partial charge in [0.05, 0.1) is 5.69 Å². The molecule has 0 aromatic heterocycles. The second-order valence-corrected chi connectivity index (χ2v) is 5.66. The van der Waals surface area contributed by atoms with Gasteiger partial charge in [0.2, 0.25) is 5.91 Å². The maximum absolute atomic E-state index is 11.6. The zero-order valence-electron chi connectivity index (χ0n) is 7.91. The summed E-state index contributed by atoms with van der Waals surface area (Å²) in [5, 5.41) is 0. The molecule has 0 radical (unpaired) electrons. The third-order valence-corrected chi connectivity index (χ3v) is 3.66. The van der Waals surface area contributed by atoms with Gasteiger partial charge in [-0.3, -0.25) is 4.79 Å². The Morgan fingerprint density at radius 1 is 1.53 bits per heavy atom. The van der Waals surface area contributed by atoms with Crippen molar-refractivity contribution in [1.82, 2.24) is 0 Å². The molecular weight excluding hydrogens is 371 g/mol. The number of nitrogens with two attached hydrogens (primary N) is 1. The van der Waals surface area contributed by atoms with Crippen LogP contribution in [0.15, 0.2) is 22.7 Å². The van der Waals surface area contributed by atoms with Gasteiger partial charge in [0.25, 0.3) is 0 Å². The first-order valence-electron chi connectivity index (χ1n) is 4.59. The van der Waals surface area contributed by atoms with Gasteiger partial charge in [0.15, 0.2) is 0 Å². The van der Waals surface area contributed by atoms with Crippen molar-refractivity contribution in [2.75, 3.05) is 11.4 Å². The molecule has 5 heteroatoms. The van der Waals surface area contributed by atoms with E-state index >= 15 is 0 Å². The van der Waals surface area contributed by atoms with Crippen LogP contribution in [0.25, 0.3) is 0 Å². The van der Waals surface area contributed by atoms with Crippen LogP contribution in [-0.2, 0) is 4.79 Å². The molecule has 1 aromatic rings. The Bertz CT molecular complexity index is 410. The number of hydrogen-bond donors (Lipinski definition) is 1. The molecule has 1 atom stereocenters. The fourth-order valence-electron chi connectivity index (χ4n) is 1.67. The largest absolute Gasteiger partial charge is 0.326 e. The molecule has 1 aliphatic heterocycles. The molecule has 0 bridgehead atoms. The Balaban J connectivity index is 2.34. The Morgan fingerprint density at radius 2 is 2.27 bits per heavy atom. The van der Waals surface area contributed by atoms with Gasteiger partial charge in [-0.15, -0.1) is 0 Å². The summed E-state index contributed by atoms with van der Waals surface area (Å²) in [5.74, 6) is 0.101. The molecule has 2 rings (SSSR count). The maximum atomic E-state index is 11.6. The highest BCUT2D eigenvalue weighted by Crippen LogP contribution is 2.30. The lowest BCUT2D eigenvalue weighted by molar-refractivity contribution is -0.117. The average molecular weight is 381 g/mol. The average Bonchev–Trinajstić information content (AvgIpc) is 2.45. The predicted molar refractivity (Wildman–Crippen MR) is 71.8 cm³/mol. The fraction of sp³-hybridized carbons (Fsp3) is 0.300. The highest BCUT2D eigenvalue weighted by molar-refractivity contribution is 14.1. The van der Waals surface area contributed by atoms with Crippen molar-refractivity contribution in [2.24, 2.45) is 5.73 Å². The second kappa shape index (κ2) is 4.39.